The standard InChI is InChI=1S/C23H26ClN/c1-16(2)18-9-10-19-20(22(18)24)11-12-23(3)15-25(14-21(19)23)13-17-7-5-4-6-8-17/h4-10,21H,1,11-15H2,2-3H3. The fourth-order valence-electron chi connectivity index (χ4n) is 4.81. The van der Waals surface area contributed by atoms with Gasteiger partial charge in [0.15, 0.2) is 0 Å². The van der Waals surface area contributed by atoms with Gasteiger partial charge >= 0.3 is 0 Å². The molecule has 0 aromatic heterocycles. The number of rotatable bonds is 3. The van der Waals surface area contributed by atoms with Gasteiger partial charge in [-0.25, -0.2) is 0 Å². The molecule has 2 aromatic rings. The Bertz CT molecular complexity index is 810. The second-order valence-electron chi connectivity index (χ2n) is 8.14. The summed E-state index contributed by atoms with van der Waals surface area (Å²) in [5.41, 5.74) is 6.77. The molecular weight excluding hydrogens is 326 g/mol. The van der Waals surface area contributed by atoms with Crippen molar-refractivity contribution in [2.24, 2.45) is 5.41 Å². The molecule has 1 aliphatic heterocycles. The minimum atomic E-state index is 0.357. The highest BCUT2D eigenvalue weighted by molar-refractivity contribution is 6.33. The fraction of sp³-hybridized carbons (Fsp3) is 0.391. The molecule has 2 unspecified atom stereocenters. The molecule has 2 atom stereocenters. The fourth-order valence-corrected chi connectivity index (χ4v) is 5.24. The smallest absolute Gasteiger partial charge is 0.0515 e. The van der Waals surface area contributed by atoms with E-state index in [1.807, 2.05) is 6.92 Å². The van der Waals surface area contributed by atoms with Gasteiger partial charge in [0, 0.05) is 25.6 Å². The lowest BCUT2D eigenvalue weighted by atomic mass is 9.67. The van der Waals surface area contributed by atoms with Crippen LogP contribution >= 0.6 is 11.6 Å². The topological polar surface area (TPSA) is 3.24 Å². The third-order valence-corrected chi connectivity index (χ3v) is 6.61. The average molecular weight is 352 g/mol. The summed E-state index contributed by atoms with van der Waals surface area (Å²) in [4.78, 5) is 2.62. The van der Waals surface area contributed by atoms with Crippen LogP contribution in [-0.4, -0.2) is 18.0 Å². The van der Waals surface area contributed by atoms with Crippen molar-refractivity contribution in [2.75, 3.05) is 13.1 Å². The number of benzene rings is 2. The van der Waals surface area contributed by atoms with E-state index in [1.54, 1.807) is 0 Å². The van der Waals surface area contributed by atoms with Gasteiger partial charge in [0.1, 0.15) is 0 Å². The van der Waals surface area contributed by atoms with Gasteiger partial charge in [-0.2, -0.15) is 0 Å². The molecule has 0 radical (unpaired) electrons. The molecule has 2 aliphatic rings. The van der Waals surface area contributed by atoms with Crippen molar-refractivity contribution in [3.05, 3.63) is 76.3 Å². The number of fused-ring (bicyclic) bond motifs is 3. The van der Waals surface area contributed by atoms with Gasteiger partial charge in [0.2, 0.25) is 0 Å². The molecular formula is C23H26ClN. The van der Waals surface area contributed by atoms with E-state index in [-0.39, 0.29) is 0 Å². The first-order valence-corrected chi connectivity index (χ1v) is 9.59. The Hall–Kier alpha value is -1.57. The minimum absolute atomic E-state index is 0.357. The number of allylic oxidation sites excluding steroid dienone is 1. The van der Waals surface area contributed by atoms with E-state index in [0.717, 1.165) is 35.7 Å². The zero-order valence-corrected chi connectivity index (χ0v) is 15.9. The maximum Gasteiger partial charge on any atom is 0.0515 e. The van der Waals surface area contributed by atoms with Crippen LogP contribution in [0, 0.1) is 5.41 Å². The highest BCUT2D eigenvalue weighted by atomic mass is 35.5. The molecule has 25 heavy (non-hydrogen) atoms. The molecule has 1 fully saturated rings. The van der Waals surface area contributed by atoms with Crippen LogP contribution in [0.5, 0.6) is 0 Å². The molecule has 0 saturated carbocycles. The van der Waals surface area contributed by atoms with E-state index in [2.05, 4.69) is 60.9 Å². The molecule has 0 spiro atoms. The molecule has 4 rings (SSSR count). The van der Waals surface area contributed by atoms with E-state index >= 15 is 0 Å². The molecule has 0 bridgehead atoms. The normalized spacial score (nSPS) is 25.5. The second kappa shape index (κ2) is 6.30. The van der Waals surface area contributed by atoms with Crippen molar-refractivity contribution in [1.82, 2.24) is 4.90 Å². The van der Waals surface area contributed by atoms with Crippen molar-refractivity contribution < 1.29 is 0 Å². The predicted molar refractivity (Wildman–Crippen MR) is 107 cm³/mol. The summed E-state index contributed by atoms with van der Waals surface area (Å²) in [5.74, 6) is 0.580. The lowest BCUT2D eigenvalue weighted by Crippen LogP contribution is -2.31. The Balaban J connectivity index is 1.64. The van der Waals surface area contributed by atoms with Crippen LogP contribution in [0.3, 0.4) is 0 Å². The molecule has 1 heterocycles. The molecule has 0 amide bonds. The summed E-state index contributed by atoms with van der Waals surface area (Å²) >= 11 is 6.75. The highest BCUT2D eigenvalue weighted by Crippen LogP contribution is 2.52. The summed E-state index contributed by atoms with van der Waals surface area (Å²) in [6.45, 7) is 11.9. The zero-order chi connectivity index (χ0) is 17.6. The van der Waals surface area contributed by atoms with Gasteiger partial charge in [0.05, 0.1) is 5.02 Å². The van der Waals surface area contributed by atoms with E-state index in [4.69, 9.17) is 11.6 Å². The third kappa shape index (κ3) is 2.94. The zero-order valence-electron chi connectivity index (χ0n) is 15.2. The first kappa shape index (κ1) is 16.9. The molecule has 2 aromatic carbocycles. The molecule has 130 valence electrons. The first-order chi connectivity index (χ1) is 12.0. The maximum atomic E-state index is 6.75. The Morgan fingerprint density at radius 2 is 2.00 bits per heavy atom. The van der Waals surface area contributed by atoms with Crippen molar-refractivity contribution in [1.29, 1.82) is 0 Å². The van der Waals surface area contributed by atoms with E-state index in [1.165, 1.54) is 29.7 Å². The van der Waals surface area contributed by atoms with E-state index in [0.29, 0.717) is 11.3 Å². The van der Waals surface area contributed by atoms with Gasteiger partial charge in [-0.05, 0) is 53.0 Å². The first-order valence-electron chi connectivity index (χ1n) is 9.21. The van der Waals surface area contributed by atoms with Crippen LogP contribution < -0.4 is 0 Å². The highest BCUT2D eigenvalue weighted by Gasteiger charge is 2.46. The maximum absolute atomic E-state index is 6.75. The lowest BCUT2D eigenvalue weighted by Gasteiger charge is -2.37. The lowest BCUT2D eigenvalue weighted by molar-refractivity contribution is 0.240. The quantitative estimate of drug-likeness (QED) is 0.662. The van der Waals surface area contributed by atoms with E-state index in [9.17, 15) is 0 Å². The van der Waals surface area contributed by atoms with Crippen molar-refractivity contribution in [3.8, 4) is 0 Å². The Kier molecular flexibility index (Phi) is 4.25. The molecule has 1 nitrogen and oxygen atoms in total. The van der Waals surface area contributed by atoms with Gasteiger partial charge in [-0.3, -0.25) is 4.90 Å². The molecule has 1 saturated heterocycles. The monoisotopic (exact) mass is 351 g/mol. The Labute approximate surface area is 156 Å². The van der Waals surface area contributed by atoms with E-state index < -0.39 is 0 Å². The largest absolute Gasteiger partial charge is 0.298 e. The van der Waals surface area contributed by atoms with Crippen molar-refractivity contribution in [2.45, 2.75) is 39.2 Å². The molecule has 0 N–H and O–H groups in total. The number of hydrogen-bond donors (Lipinski definition) is 0. The third-order valence-electron chi connectivity index (χ3n) is 6.18. The minimum Gasteiger partial charge on any atom is -0.298 e. The number of nitrogens with zero attached hydrogens (tertiary/aromatic N) is 1. The average Bonchev–Trinajstić information content (AvgIpc) is 2.92. The molecule has 1 aliphatic carbocycles. The summed E-state index contributed by atoms with van der Waals surface area (Å²) < 4.78 is 0. The van der Waals surface area contributed by atoms with Crippen molar-refractivity contribution >= 4 is 17.2 Å². The summed E-state index contributed by atoms with van der Waals surface area (Å²) in [6, 6.07) is 15.3. The SMILES string of the molecule is C=C(C)c1ccc2c(c1Cl)CCC1(C)CN(Cc3ccccc3)CC21. The number of hydrogen-bond acceptors (Lipinski definition) is 1. The number of likely N-dealkylation sites (tertiary alicyclic amines) is 1. The van der Waals surface area contributed by atoms with Crippen LogP contribution in [0.4, 0.5) is 0 Å². The number of halogens is 1. The summed E-state index contributed by atoms with van der Waals surface area (Å²) in [5, 5.41) is 0.938. The van der Waals surface area contributed by atoms with Gasteiger partial charge in [0.25, 0.3) is 0 Å². The Morgan fingerprint density at radius 1 is 1.24 bits per heavy atom. The Morgan fingerprint density at radius 3 is 2.72 bits per heavy atom. The van der Waals surface area contributed by atoms with Gasteiger partial charge in [-0.1, -0.05) is 67.6 Å². The predicted octanol–water partition coefficient (Wildman–Crippen LogP) is 5.93. The van der Waals surface area contributed by atoms with Crippen LogP contribution in [0.25, 0.3) is 5.57 Å². The molecule has 2 heteroatoms. The van der Waals surface area contributed by atoms with Crippen LogP contribution in [-0.2, 0) is 13.0 Å². The van der Waals surface area contributed by atoms with Gasteiger partial charge < -0.3 is 0 Å². The van der Waals surface area contributed by atoms with Gasteiger partial charge in [-0.15, -0.1) is 0 Å². The summed E-state index contributed by atoms with van der Waals surface area (Å²) in [7, 11) is 0. The van der Waals surface area contributed by atoms with Crippen molar-refractivity contribution in [3.63, 3.8) is 0 Å². The van der Waals surface area contributed by atoms with Crippen LogP contribution in [0.2, 0.25) is 5.02 Å². The van der Waals surface area contributed by atoms with Crippen LogP contribution in [0.15, 0.2) is 49.0 Å². The summed E-state index contributed by atoms with van der Waals surface area (Å²) in [6.07, 6.45) is 2.30. The second-order valence-corrected chi connectivity index (χ2v) is 8.52. The van der Waals surface area contributed by atoms with Crippen LogP contribution in [0.1, 0.15) is 48.4 Å².